The third kappa shape index (κ3) is 4.53. The number of aromatic nitrogens is 3. The van der Waals surface area contributed by atoms with Gasteiger partial charge in [-0.2, -0.15) is 0 Å². The van der Waals surface area contributed by atoms with Crippen molar-refractivity contribution in [2.45, 2.75) is 5.16 Å². The second kappa shape index (κ2) is 9.47. The van der Waals surface area contributed by atoms with Crippen LogP contribution in [0.2, 0.25) is 0 Å². The molecule has 0 atom stereocenters. The lowest BCUT2D eigenvalue weighted by atomic mass is 10.0. The van der Waals surface area contributed by atoms with Crippen molar-refractivity contribution in [2.75, 3.05) is 18.1 Å². The number of carbonyl (C=O) groups excluding carboxylic acids is 3. The van der Waals surface area contributed by atoms with Gasteiger partial charge in [-0.05, 0) is 18.2 Å². The number of carbonyl (C=O) groups is 3. The fourth-order valence-corrected chi connectivity index (χ4v) is 4.31. The largest absolute Gasteiger partial charge is 0.325 e. The molecule has 8 nitrogen and oxygen atoms in total. The summed E-state index contributed by atoms with van der Waals surface area (Å²) in [6.45, 7) is 0. The Morgan fingerprint density at radius 1 is 0.829 bits per heavy atom. The van der Waals surface area contributed by atoms with Gasteiger partial charge in [0.25, 0.3) is 11.8 Å². The van der Waals surface area contributed by atoms with E-state index >= 15 is 0 Å². The molecule has 1 N–H and O–H groups in total. The molecule has 3 aromatic carbocycles. The zero-order valence-electron chi connectivity index (χ0n) is 18.6. The first-order valence-corrected chi connectivity index (χ1v) is 11.7. The van der Waals surface area contributed by atoms with Crippen molar-refractivity contribution in [2.24, 2.45) is 0 Å². The topological polar surface area (TPSA) is 105 Å². The molecule has 4 aromatic rings. The zero-order valence-corrected chi connectivity index (χ0v) is 19.5. The predicted molar refractivity (Wildman–Crippen MR) is 133 cm³/mol. The van der Waals surface area contributed by atoms with Crippen LogP contribution in [0, 0.1) is 0 Å². The minimum atomic E-state index is -0.387. The molecule has 0 unspecified atom stereocenters. The molecule has 0 radical (unpaired) electrons. The quantitative estimate of drug-likeness (QED) is 0.326. The average molecular weight is 482 g/mol. The highest BCUT2D eigenvalue weighted by Crippen LogP contribution is 2.30. The maximum absolute atomic E-state index is 12.6. The van der Waals surface area contributed by atoms with Crippen LogP contribution in [0.4, 0.5) is 5.69 Å². The van der Waals surface area contributed by atoms with Crippen LogP contribution in [0.25, 0.3) is 22.5 Å². The number of thioether (sulfide) groups is 1. The Balaban J connectivity index is 1.33. The van der Waals surface area contributed by atoms with Gasteiger partial charge in [0.2, 0.25) is 11.1 Å². The van der Waals surface area contributed by atoms with Gasteiger partial charge in [0, 0.05) is 23.9 Å². The van der Waals surface area contributed by atoms with E-state index in [-0.39, 0.29) is 29.0 Å². The highest BCUT2D eigenvalue weighted by molar-refractivity contribution is 7.99. The molecule has 9 heteroatoms. The second-order valence-corrected chi connectivity index (χ2v) is 8.73. The summed E-state index contributed by atoms with van der Waals surface area (Å²) in [7, 11) is 1.43. The van der Waals surface area contributed by atoms with Crippen LogP contribution < -0.4 is 5.32 Å². The number of rotatable bonds is 6. The Hall–Kier alpha value is -4.37. The number of amides is 3. The molecule has 0 aliphatic carbocycles. The van der Waals surface area contributed by atoms with Gasteiger partial charge in [0.15, 0.2) is 0 Å². The summed E-state index contributed by atoms with van der Waals surface area (Å²) >= 11 is 1.16. The van der Waals surface area contributed by atoms with E-state index in [9.17, 15) is 14.4 Å². The number of imide groups is 1. The molecule has 0 saturated heterocycles. The molecule has 35 heavy (non-hydrogen) atoms. The number of nitrogens with one attached hydrogen (secondary N) is 1. The molecular formula is C26H19N5O3S. The van der Waals surface area contributed by atoms with E-state index in [1.54, 1.807) is 12.1 Å². The second-order valence-electron chi connectivity index (χ2n) is 7.79. The van der Waals surface area contributed by atoms with E-state index in [4.69, 9.17) is 4.98 Å². The van der Waals surface area contributed by atoms with Crippen molar-refractivity contribution in [3.05, 3.63) is 90.0 Å². The van der Waals surface area contributed by atoms with Crippen molar-refractivity contribution in [1.29, 1.82) is 0 Å². The Bertz CT molecular complexity index is 1440. The SMILES string of the molecule is CN1C(=O)c2ccc(NC(=O)CSc3nnc(-c4ccccc4)c(-c4ccccc4)n3)cc2C1=O. The van der Waals surface area contributed by atoms with Crippen molar-refractivity contribution < 1.29 is 14.4 Å². The van der Waals surface area contributed by atoms with E-state index in [1.165, 1.54) is 13.1 Å². The summed E-state index contributed by atoms with van der Waals surface area (Å²) in [5, 5.41) is 11.8. The summed E-state index contributed by atoms with van der Waals surface area (Å²) in [4.78, 5) is 42.6. The van der Waals surface area contributed by atoms with Gasteiger partial charge in [-0.3, -0.25) is 19.3 Å². The molecule has 0 fully saturated rings. The highest BCUT2D eigenvalue weighted by Gasteiger charge is 2.32. The monoisotopic (exact) mass is 481 g/mol. The molecule has 1 aromatic heterocycles. The maximum Gasteiger partial charge on any atom is 0.261 e. The van der Waals surface area contributed by atoms with Gasteiger partial charge in [0.1, 0.15) is 11.4 Å². The molecule has 1 aliphatic rings. The van der Waals surface area contributed by atoms with Crippen LogP contribution in [0.5, 0.6) is 0 Å². The lowest BCUT2D eigenvalue weighted by molar-refractivity contribution is -0.113. The molecule has 0 saturated carbocycles. The standard InChI is InChI=1S/C26H19N5O3S/c1-31-24(33)19-13-12-18(14-20(19)25(31)34)27-21(32)15-35-26-28-22(16-8-4-2-5-9-16)23(29-30-26)17-10-6-3-7-11-17/h2-14H,15H2,1H3,(H,27,32). The summed E-state index contributed by atoms with van der Waals surface area (Å²) in [6.07, 6.45) is 0. The lowest BCUT2D eigenvalue weighted by Crippen LogP contribution is -2.24. The first-order valence-electron chi connectivity index (χ1n) is 10.8. The number of benzene rings is 3. The third-order valence-corrected chi connectivity index (χ3v) is 6.31. The Kier molecular flexibility index (Phi) is 6.07. The molecule has 0 spiro atoms. The first-order chi connectivity index (χ1) is 17.0. The first kappa shape index (κ1) is 22.4. The summed E-state index contributed by atoms with van der Waals surface area (Å²) in [6, 6.07) is 24.1. The normalized spacial score (nSPS) is 12.5. The van der Waals surface area contributed by atoms with E-state index in [0.29, 0.717) is 27.8 Å². The molecule has 2 heterocycles. The van der Waals surface area contributed by atoms with Crippen molar-refractivity contribution in [3.63, 3.8) is 0 Å². The van der Waals surface area contributed by atoms with Crippen LogP contribution in [0.15, 0.2) is 84.0 Å². The van der Waals surface area contributed by atoms with Crippen molar-refractivity contribution in [3.8, 4) is 22.5 Å². The highest BCUT2D eigenvalue weighted by atomic mass is 32.2. The molecular weight excluding hydrogens is 462 g/mol. The number of anilines is 1. The Morgan fingerprint density at radius 3 is 2.14 bits per heavy atom. The minimum Gasteiger partial charge on any atom is -0.325 e. The maximum atomic E-state index is 12.6. The van der Waals surface area contributed by atoms with E-state index < -0.39 is 0 Å². The van der Waals surface area contributed by atoms with E-state index in [1.807, 2.05) is 60.7 Å². The van der Waals surface area contributed by atoms with Gasteiger partial charge in [-0.1, -0.05) is 72.4 Å². The van der Waals surface area contributed by atoms with Crippen LogP contribution in [0.1, 0.15) is 20.7 Å². The molecule has 3 amide bonds. The predicted octanol–water partition coefficient (Wildman–Crippen LogP) is 4.16. The van der Waals surface area contributed by atoms with Crippen molar-refractivity contribution in [1.82, 2.24) is 20.1 Å². The minimum absolute atomic E-state index is 0.0461. The number of nitrogens with zero attached hydrogens (tertiary/aromatic N) is 4. The summed E-state index contributed by atoms with van der Waals surface area (Å²) in [5.41, 5.74) is 4.18. The van der Waals surface area contributed by atoms with Gasteiger partial charge in [0.05, 0.1) is 16.9 Å². The van der Waals surface area contributed by atoms with Gasteiger partial charge in [-0.15, -0.1) is 10.2 Å². The molecule has 0 bridgehead atoms. The van der Waals surface area contributed by atoms with E-state index in [0.717, 1.165) is 27.8 Å². The molecule has 5 rings (SSSR count). The Morgan fingerprint density at radius 2 is 1.46 bits per heavy atom. The summed E-state index contributed by atoms with van der Waals surface area (Å²) in [5.74, 6) is -0.986. The van der Waals surface area contributed by atoms with Crippen molar-refractivity contribution >= 4 is 35.2 Å². The average Bonchev–Trinajstić information content (AvgIpc) is 3.11. The fourth-order valence-electron chi connectivity index (χ4n) is 3.73. The lowest BCUT2D eigenvalue weighted by Gasteiger charge is -2.10. The molecule has 172 valence electrons. The van der Waals surface area contributed by atoms with Crippen LogP contribution in [-0.2, 0) is 4.79 Å². The summed E-state index contributed by atoms with van der Waals surface area (Å²) < 4.78 is 0. The van der Waals surface area contributed by atoms with Gasteiger partial charge in [-0.25, -0.2) is 4.98 Å². The smallest absolute Gasteiger partial charge is 0.261 e. The fraction of sp³-hybridized carbons (Fsp3) is 0.0769. The number of fused-ring (bicyclic) bond motifs is 1. The van der Waals surface area contributed by atoms with E-state index in [2.05, 4.69) is 15.5 Å². The van der Waals surface area contributed by atoms with Gasteiger partial charge >= 0.3 is 0 Å². The Labute approximate surface area is 205 Å². The number of hydrogen-bond acceptors (Lipinski definition) is 7. The number of hydrogen-bond donors (Lipinski definition) is 1. The van der Waals surface area contributed by atoms with Crippen LogP contribution in [-0.4, -0.2) is 50.6 Å². The molecule has 1 aliphatic heterocycles. The van der Waals surface area contributed by atoms with Crippen LogP contribution in [0.3, 0.4) is 0 Å². The third-order valence-electron chi connectivity index (χ3n) is 5.47. The zero-order chi connectivity index (χ0) is 24.4. The van der Waals surface area contributed by atoms with Gasteiger partial charge < -0.3 is 5.32 Å². The van der Waals surface area contributed by atoms with Crippen LogP contribution >= 0.6 is 11.8 Å².